The fourth-order valence-electron chi connectivity index (χ4n) is 4.02. The van der Waals surface area contributed by atoms with E-state index in [1.165, 1.54) is 31.1 Å². The van der Waals surface area contributed by atoms with Crippen molar-refractivity contribution >= 4 is 46.1 Å². The Morgan fingerprint density at radius 2 is 1.31 bits per heavy atom. The Hall–Kier alpha value is -2.48. The molecule has 0 saturated carbocycles. The maximum absolute atomic E-state index is 5.15. The van der Waals surface area contributed by atoms with Crippen molar-refractivity contribution in [3.05, 3.63) is 120 Å². The van der Waals surface area contributed by atoms with Crippen LogP contribution < -0.4 is 0 Å². The fraction of sp³-hybridized carbons (Fsp3) is 0.0400. The summed E-state index contributed by atoms with van der Waals surface area (Å²) in [5, 5.41) is 0. The van der Waals surface area contributed by atoms with Gasteiger partial charge < -0.3 is 0 Å². The second-order valence-corrected chi connectivity index (χ2v) is 11.0. The molecule has 4 aromatic rings. The molecular weight excluding hydrogens is 486 g/mol. The molecule has 0 amide bonds. The molecule has 138 valence electrons. The Morgan fingerprint density at radius 3 is 2.03 bits per heavy atom. The van der Waals surface area contributed by atoms with Crippen molar-refractivity contribution in [2.75, 3.05) is 0 Å². The number of aliphatic imine (C=N–C) groups is 2. The molecule has 0 N–H and O–H groups in total. The normalized spacial score (nSPS) is 18.5. The second-order valence-electron chi connectivity index (χ2n) is 7.02. The van der Waals surface area contributed by atoms with Crippen LogP contribution in [0.2, 0.25) is 0 Å². The van der Waals surface area contributed by atoms with E-state index >= 15 is 0 Å². The van der Waals surface area contributed by atoms with E-state index in [-0.39, 0.29) is 6.04 Å². The Kier molecular flexibility index (Phi) is 4.25. The third-order valence-corrected chi connectivity index (χ3v) is 9.00. The average Bonchev–Trinajstić information content (AvgIpc) is 3.55. The second kappa shape index (κ2) is 7.09. The molecule has 1 unspecified atom stereocenters. The zero-order valence-electron chi connectivity index (χ0n) is 15.4. The van der Waals surface area contributed by atoms with E-state index in [9.17, 15) is 0 Å². The van der Waals surface area contributed by atoms with Crippen LogP contribution in [0.1, 0.15) is 37.2 Å². The summed E-state index contributed by atoms with van der Waals surface area (Å²) in [6.45, 7) is 0. The minimum atomic E-state index is 0.0193. The zero-order chi connectivity index (χ0) is 19.2. The topological polar surface area (TPSA) is 24.7 Å². The molecule has 6 rings (SSSR count). The molecule has 29 heavy (non-hydrogen) atoms. The van der Waals surface area contributed by atoms with Gasteiger partial charge in [0.2, 0.25) is 0 Å². The van der Waals surface area contributed by atoms with Gasteiger partial charge in [0, 0.05) is 0 Å². The molecule has 1 atom stereocenters. The first-order chi connectivity index (χ1) is 14.4. The van der Waals surface area contributed by atoms with Crippen LogP contribution in [0.3, 0.4) is 0 Å². The van der Waals surface area contributed by atoms with Gasteiger partial charge in [-0.3, -0.25) is 0 Å². The number of benzene rings is 2. The molecule has 0 spiro atoms. The number of rotatable bonds is 3. The zero-order valence-corrected chi connectivity index (χ0v) is 18.9. The first-order valence-corrected chi connectivity index (χ1v) is 13.2. The predicted molar refractivity (Wildman–Crippen MR) is 122 cm³/mol. The summed E-state index contributed by atoms with van der Waals surface area (Å²) in [5.74, 6) is 0. The van der Waals surface area contributed by atoms with Crippen LogP contribution in [0, 0.1) is 0 Å². The summed E-state index contributed by atoms with van der Waals surface area (Å²) in [7, 11) is 0. The molecule has 2 aliphatic heterocycles. The van der Waals surface area contributed by atoms with E-state index < -0.39 is 0 Å². The third kappa shape index (κ3) is 2.92. The van der Waals surface area contributed by atoms with Gasteiger partial charge in [-0.2, -0.15) is 0 Å². The third-order valence-electron chi connectivity index (χ3n) is 5.32. The van der Waals surface area contributed by atoms with Crippen molar-refractivity contribution in [2.45, 2.75) is 6.04 Å². The molecule has 4 heteroatoms. The molecule has 0 aliphatic carbocycles. The molecule has 2 aromatic heterocycles. The molecule has 2 nitrogen and oxygen atoms in total. The SMILES string of the molecule is C(=C1/N=C(c2ccc[se]2)c2ccccc21)/C1N=C(c2ccc[se]2)c2ccccc21. The molecule has 4 heterocycles. The van der Waals surface area contributed by atoms with Crippen molar-refractivity contribution in [2.24, 2.45) is 9.98 Å². The van der Waals surface area contributed by atoms with E-state index in [0.717, 1.165) is 17.1 Å². The van der Waals surface area contributed by atoms with E-state index in [0.29, 0.717) is 29.0 Å². The standard InChI is InChI=1S/C25H16N2Se2/c1-3-9-18-16(7-1)20(26-24(18)22-11-5-13-28-22)15-21-17-8-2-4-10-19(17)25(27-21)23-12-6-14-29-23/h1-15,20H/b21-15-. The monoisotopic (exact) mass is 504 g/mol. The van der Waals surface area contributed by atoms with E-state index in [4.69, 9.17) is 9.98 Å². The van der Waals surface area contributed by atoms with Gasteiger partial charge in [0.15, 0.2) is 0 Å². The van der Waals surface area contributed by atoms with Crippen molar-refractivity contribution in [3.63, 3.8) is 0 Å². The van der Waals surface area contributed by atoms with Gasteiger partial charge in [0.1, 0.15) is 0 Å². The Labute approximate surface area is 181 Å². The van der Waals surface area contributed by atoms with Crippen LogP contribution in [0.4, 0.5) is 0 Å². The van der Waals surface area contributed by atoms with Crippen molar-refractivity contribution in [1.82, 2.24) is 0 Å². The Bertz CT molecular complexity index is 1290. The van der Waals surface area contributed by atoms with Crippen LogP contribution in [-0.2, 0) is 0 Å². The molecule has 0 radical (unpaired) electrons. The summed E-state index contributed by atoms with van der Waals surface area (Å²) < 4.78 is 2.72. The number of fused-ring (bicyclic) bond motifs is 2. The Morgan fingerprint density at radius 1 is 0.655 bits per heavy atom. The summed E-state index contributed by atoms with van der Waals surface area (Å²) in [6.07, 6.45) is 2.25. The molecule has 0 bridgehead atoms. The van der Waals surface area contributed by atoms with E-state index in [2.05, 4.69) is 88.8 Å². The predicted octanol–water partition coefficient (Wildman–Crippen LogP) is 4.58. The van der Waals surface area contributed by atoms with Crippen LogP contribution in [-0.4, -0.2) is 40.4 Å². The van der Waals surface area contributed by atoms with Crippen molar-refractivity contribution in [1.29, 1.82) is 0 Å². The quantitative estimate of drug-likeness (QED) is 0.367. The van der Waals surface area contributed by atoms with Gasteiger partial charge >= 0.3 is 182 Å². The van der Waals surface area contributed by atoms with E-state index in [1.807, 2.05) is 0 Å². The fourth-order valence-corrected chi connectivity index (χ4v) is 7.09. The average molecular weight is 502 g/mol. The van der Waals surface area contributed by atoms with E-state index in [1.54, 1.807) is 0 Å². The van der Waals surface area contributed by atoms with Crippen LogP contribution in [0.5, 0.6) is 0 Å². The molecule has 0 fully saturated rings. The summed E-state index contributed by atoms with van der Waals surface area (Å²) in [4.78, 5) is 14.8. The molecule has 2 aliphatic rings. The van der Waals surface area contributed by atoms with Gasteiger partial charge in [-0.15, -0.1) is 0 Å². The van der Waals surface area contributed by atoms with Gasteiger partial charge in [0.05, 0.1) is 0 Å². The minimum absolute atomic E-state index is 0.0193. The first-order valence-electron chi connectivity index (χ1n) is 9.53. The van der Waals surface area contributed by atoms with Gasteiger partial charge in [0.25, 0.3) is 0 Å². The van der Waals surface area contributed by atoms with Crippen LogP contribution >= 0.6 is 0 Å². The summed E-state index contributed by atoms with van der Waals surface area (Å²) in [6, 6.07) is 26.0. The Balaban J connectivity index is 1.50. The van der Waals surface area contributed by atoms with Crippen LogP contribution in [0.15, 0.2) is 98.7 Å². The molecular formula is C25H16N2Se2. The summed E-state index contributed by atoms with van der Waals surface area (Å²) >= 11 is 0.750. The maximum atomic E-state index is 5.15. The van der Waals surface area contributed by atoms with Gasteiger partial charge in [-0.1, -0.05) is 0 Å². The van der Waals surface area contributed by atoms with Gasteiger partial charge in [-0.25, -0.2) is 0 Å². The number of hydrogen-bond acceptors (Lipinski definition) is 2. The van der Waals surface area contributed by atoms with Gasteiger partial charge in [-0.05, 0) is 0 Å². The summed E-state index contributed by atoms with van der Waals surface area (Å²) in [5.41, 5.74) is 8.37. The molecule has 0 saturated heterocycles. The number of nitrogens with zero attached hydrogens (tertiary/aromatic N) is 2. The first kappa shape index (κ1) is 17.4. The number of hydrogen-bond donors (Lipinski definition) is 0. The van der Waals surface area contributed by atoms with Crippen LogP contribution in [0.25, 0.3) is 5.70 Å². The van der Waals surface area contributed by atoms with Crippen molar-refractivity contribution in [3.8, 4) is 0 Å². The van der Waals surface area contributed by atoms with Crippen molar-refractivity contribution < 1.29 is 0 Å². The molecule has 2 aromatic carbocycles.